The number of fused-ring (bicyclic) bond motifs is 2. The summed E-state index contributed by atoms with van der Waals surface area (Å²) in [5.41, 5.74) is 0.472. The number of benzene rings is 3. The van der Waals surface area contributed by atoms with E-state index in [1.807, 2.05) is 24.3 Å². The van der Waals surface area contributed by atoms with Crippen molar-refractivity contribution in [3.8, 4) is 5.75 Å². The van der Waals surface area contributed by atoms with Crippen LogP contribution in [0, 0.1) is 11.6 Å². The Balaban J connectivity index is 1.77. The maximum Gasteiger partial charge on any atom is 0.229 e. The van der Waals surface area contributed by atoms with Gasteiger partial charge in [0.05, 0.1) is 0 Å². The average molecular weight is 336 g/mol. The molecule has 1 aliphatic rings. The van der Waals surface area contributed by atoms with Gasteiger partial charge < -0.3 is 4.74 Å². The standard InChI is InChI=1S/C20H10F2O3/c21-13-5-6-18(16(22)9-13)25-19-10-17(23)14-7-11-3-1-2-4-12(11)8-15(14)20(19)24/h1-10H. The minimum absolute atomic E-state index is 0.198. The summed E-state index contributed by atoms with van der Waals surface area (Å²) < 4.78 is 32.0. The molecule has 0 fully saturated rings. The zero-order chi connectivity index (χ0) is 17.6. The second-order valence-electron chi connectivity index (χ2n) is 5.62. The van der Waals surface area contributed by atoms with E-state index in [0.29, 0.717) is 6.07 Å². The predicted octanol–water partition coefficient (Wildman–Crippen LogP) is 4.46. The predicted molar refractivity (Wildman–Crippen MR) is 87.7 cm³/mol. The maximum atomic E-state index is 13.7. The van der Waals surface area contributed by atoms with E-state index in [0.717, 1.165) is 29.0 Å². The van der Waals surface area contributed by atoms with Gasteiger partial charge in [-0.1, -0.05) is 24.3 Å². The van der Waals surface area contributed by atoms with Crippen LogP contribution in [0.1, 0.15) is 20.7 Å². The molecule has 3 aromatic rings. The van der Waals surface area contributed by atoms with Crippen molar-refractivity contribution >= 4 is 22.3 Å². The fraction of sp³-hybridized carbons (Fsp3) is 0. The quantitative estimate of drug-likeness (QED) is 0.694. The van der Waals surface area contributed by atoms with Gasteiger partial charge in [-0.25, -0.2) is 8.78 Å². The summed E-state index contributed by atoms with van der Waals surface area (Å²) >= 11 is 0. The summed E-state index contributed by atoms with van der Waals surface area (Å²) in [6.07, 6.45) is 1.03. The first-order valence-corrected chi connectivity index (χ1v) is 7.49. The normalized spacial score (nSPS) is 13.6. The van der Waals surface area contributed by atoms with Crippen LogP contribution in [0.25, 0.3) is 10.8 Å². The Bertz CT molecular complexity index is 1080. The minimum Gasteiger partial charge on any atom is -0.450 e. The highest BCUT2D eigenvalue weighted by Crippen LogP contribution is 2.29. The number of hydrogen-bond donors (Lipinski definition) is 0. The molecule has 25 heavy (non-hydrogen) atoms. The van der Waals surface area contributed by atoms with Crippen molar-refractivity contribution in [2.24, 2.45) is 0 Å². The summed E-state index contributed by atoms with van der Waals surface area (Å²) in [7, 11) is 0. The number of carbonyl (C=O) groups excluding carboxylic acids is 2. The highest BCUT2D eigenvalue weighted by atomic mass is 19.1. The Labute approximate surface area is 141 Å². The van der Waals surface area contributed by atoms with Crippen molar-refractivity contribution in [3.05, 3.63) is 89.2 Å². The van der Waals surface area contributed by atoms with Crippen LogP contribution in [0.5, 0.6) is 5.75 Å². The summed E-state index contributed by atoms with van der Waals surface area (Å²) in [6, 6.07) is 13.3. The van der Waals surface area contributed by atoms with Gasteiger partial charge >= 0.3 is 0 Å². The zero-order valence-corrected chi connectivity index (χ0v) is 12.8. The highest BCUT2D eigenvalue weighted by Gasteiger charge is 2.28. The van der Waals surface area contributed by atoms with Crippen molar-refractivity contribution in [2.75, 3.05) is 0 Å². The molecule has 0 saturated carbocycles. The lowest BCUT2D eigenvalue weighted by Gasteiger charge is -2.17. The van der Waals surface area contributed by atoms with Gasteiger partial charge in [-0.15, -0.1) is 0 Å². The molecule has 3 aromatic carbocycles. The molecule has 122 valence electrons. The molecule has 0 unspecified atom stereocenters. The van der Waals surface area contributed by atoms with Crippen molar-refractivity contribution in [1.29, 1.82) is 0 Å². The molecular formula is C20H10F2O3. The molecule has 0 heterocycles. The number of carbonyl (C=O) groups is 2. The second kappa shape index (κ2) is 5.63. The monoisotopic (exact) mass is 336 g/mol. The lowest BCUT2D eigenvalue weighted by Crippen LogP contribution is -2.20. The van der Waals surface area contributed by atoms with Crippen molar-refractivity contribution in [3.63, 3.8) is 0 Å². The number of Topliss-reactive ketones (excluding diaryl/α,β-unsaturated/α-hetero) is 1. The Hall–Kier alpha value is -3.34. The van der Waals surface area contributed by atoms with Crippen LogP contribution in [-0.2, 0) is 0 Å². The van der Waals surface area contributed by atoms with Gasteiger partial charge in [-0.3, -0.25) is 9.59 Å². The molecule has 0 bridgehead atoms. The van der Waals surface area contributed by atoms with Gasteiger partial charge in [0.15, 0.2) is 23.1 Å². The summed E-state index contributed by atoms with van der Waals surface area (Å²) in [5.74, 6) is -3.26. The zero-order valence-electron chi connectivity index (χ0n) is 12.8. The van der Waals surface area contributed by atoms with Crippen LogP contribution >= 0.6 is 0 Å². The molecule has 0 atom stereocenters. The van der Waals surface area contributed by atoms with Gasteiger partial charge in [0, 0.05) is 23.3 Å². The fourth-order valence-corrected chi connectivity index (χ4v) is 2.78. The van der Waals surface area contributed by atoms with E-state index in [1.165, 1.54) is 0 Å². The van der Waals surface area contributed by atoms with Crippen molar-refractivity contribution in [2.45, 2.75) is 0 Å². The molecule has 5 heteroatoms. The Morgan fingerprint density at radius 3 is 2.16 bits per heavy atom. The van der Waals surface area contributed by atoms with Crippen molar-refractivity contribution < 1.29 is 23.1 Å². The third kappa shape index (κ3) is 2.59. The highest BCUT2D eigenvalue weighted by molar-refractivity contribution is 6.25. The Morgan fingerprint density at radius 2 is 1.48 bits per heavy atom. The first-order chi connectivity index (χ1) is 12.0. The van der Waals surface area contributed by atoms with Gasteiger partial charge in [0.1, 0.15) is 5.82 Å². The number of hydrogen-bond acceptors (Lipinski definition) is 3. The molecule has 0 aromatic heterocycles. The van der Waals surface area contributed by atoms with Crippen LogP contribution in [0.15, 0.2) is 66.4 Å². The second-order valence-corrected chi connectivity index (χ2v) is 5.62. The Kier molecular flexibility index (Phi) is 3.42. The van der Waals surface area contributed by atoms with Crippen LogP contribution in [-0.4, -0.2) is 11.6 Å². The lowest BCUT2D eigenvalue weighted by atomic mass is 9.90. The average Bonchev–Trinajstić information content (AvgIpc) is 2.60. The van der Waals surface area contributed by atoms with E-state index in [-0.39, 0.29) is 22.6 Å². The molecule has 0 amide bonds. The summed E-state index contributed by atoms with van der Waals surface area (Å²) in [5, 5.41) is 1.64. The topological polar surface area (TPSA) is 43.4 Å². The SMILES string of the molecule is O=C1C=C(Oc2ccc(F)cc2F)C(=O)c2cc3ccccc3cc21. The number of halogens is 2. The lowest BCUT2D eigenvalue weighted by molar-refractivity contribution is 0.0945. The summed E-state index contributed by atoms with van der Waals surface area (Å²) in [4.78, 5) is 25.0. The largest absolute Gasteiger partial charge is 0.450 e. The van der Waals surface area contributed by atoms with Crippen LogP contribution < -0.4 is 4.74 Å². The van der Waals surface area contributed by atoms with Gasteiger partial charge in [0.2, 0.25) is 5.78 Å². The number of rotatable bonds is 2. The first-order valence-electron chi connectivity index (χ1n) is 7.49. The van der Waals surface area contributed by atoms with Gasteiger partial charge in [-0.05, 0) is 35.0 Å². The molecule has 0 N–H and O–H groups in total. The first kappa shape index (κ1) is 15.2. The third-order valence-electron chi connectivity index (χ3n) is 4.00. The van der Waals surface area contributed by atoms with E-state index >= 15 is 0 Å². The fourth-order valence-electron chi connectivity index (χ4n) is 2.78. The number of allylic oxidation sites excluding steroid dienone is 2. The smallest absolute Gasteiger partial charge is 0.229 e. The maximum absolute atomic E-state index is 13.7. The molecule has 0 radical (unpaired) electrons. The molecule has 3 nitrogen and oxygen atoms in total. The van der Waals surface area contributed by atoms with Crippen LogP contribution in [0.3, 0.4) is 0 Å². The third-order valence-corrected chi connectivity index (χ3v) is 4.00. The van der Waals surface area contributed by atoms with E-state index in [1.54, 1.807) is 12.1 Å². The van der Waals surface area contributed by atoms with Crippen LogP contribution in [0.4, 0.5) is 8.78 Å². The van der Waals surface area contributed by atoms with E-state index in [9.17, 15) is 18.4 Å². The van der Waals surface area contributed by atoms with E-state index in [2.05, 4.69) is 0 Å². The van der Waals surface area contributed by atoms with E-state index in [4.69, 9.17) is 4.74 Å². The van der Waals surface area contributed by atoms with E-state index < -0.39 is 23.2 Å². The van der Waals surface area contributed by atoms with Crippen molar-refractivity contribution in [1.82, 2.24) is 0 Å². The molecule has 0 saturated heterocycles. The molecule has 0 aliphatic heterocycles. The molecular weight excluding hydrogens is 326 g/mol. The van der Waals surface area contributed by atoms with Gasteiger partial charge in [0.25, 0.3) is 0 Å². The molecule has 1 aliphatic carbocycles. The Morgan fingerprint density at radius 1 is 0.800 bits per heavy atom. The molecule has 4 rings (SSSR count). The van der Waals surface area contributed by atoms with Crippen LogP contribution in [0.2, 0.25) is 0 Å². The summed E-state index contributed by atoms with van der Waals surface area (Å²) in [6.45, 7) is 0. The number of ether oxygens (including phenoxy) is 1. The van der Waals surface area contributed by atoms with Gasteiger partial charge in [-0.2, -0.15) is 0 Å². The minimum atomic E-state index is -0.953. The number of ketones is 2. The molecule has 0 spiro atoms.